The van der Waals surface area contributed by atoms with Crippen molar-refractivity contribution in [2.75, 3.05) is 0 Å². The largest absolute Gasteiger partial charge is 0.347 e. The Hall–Kier alpha value is -2.77. The van der Waals surface area contributed by atoms with Crippen LogP contribution in [0, 0.1) is 0 Å². The van der Waals surface area contributed by atoms with E-state index in [9.17, 15) is 13.2 Å². The van der Waals surface area contributed by atoms with E-state index in [1.807, 2.05) is 42.5 Å². The van der Waals surface area contributed by atoms with Crippen LogP contribution in [0.3, 0.4) is 0 Å². The van der Waals surface area contributed by atoms with Crippen LogP contribution >= 0.6 is 0 Å². The smallest absolute Gasteiger partial charge is 0.270 e. The molecule has 146 valence electrons. The highest BCUT2D eigenvalue weighted by Gasteiger charge is 2.16. The lowest BCUT2D eigenvalue weighted by Crippen LogP contribution is -2.32. The number of nitrogens with one attached hydrogen (secondary N) is 2. The van der Waals surface area contributed by atoms with Crippen LogP contribution in [0.2, 0.25) is 0 Å². The number of fused-ring (bicyclic) bond motifs is 1. The zero-order chi connectivity index (χ0) is 20.1. The molecule has 7 heteroatoms. The van der Waals surface area contributed by atoms with Crippen LogP contribution in [0.1, 0.15) is 35.5 Å². The lowest BCUT2D eigenvalue weighted by atomic mass is 10.1. The molecule has 0 radical (unpaired) electrons. The molecule has 1 amide bonds. The molecule has 0 aliphatic rings. The number of rotatable bonds is 7. The third kappa shape index (κ3) is 4.94. The summed E-state index contributed by atoms with van der Waals surface area (Å²) in [5.41, 5.74) is 1.76. The number of aromatic nitrogens is 1. The predicted octanol–water partition coefficient (Wildman–Crippen LogP) is 2.99. The number of hydrogen-bond acceptors (Lipinski definition) is 4. The fourth-order valence-electron chi connectivity index (χ4n) is 3.04. The second kappa shape index (κ2) is 8.50. The van der Waals surface area contributed by atoms with Crippen molar-refractivity contribution in [2.24, 2.45) is 0 Å². The number of carbonyl (C=O) groups is 1. The second-order valence-corrected chi connectivity index (χ2v) is 8.62. The number of benzene rings is 2. The van der Waals surface area contributed by atoms with Gasteiger partial charge in [0, 0.05) is 24.2 Å². The molecule has 6 nitrogen and oxygen atoms in total. The van der Waals surface area contributed by atoms with E-state index >= 15 is 0 Å². The van der Waals surface area contributed by atoms with Crippen molar-refractivity contribution in [1.29, 1.82) is 0 Å². The first-order chi connectivity index (χ1) is 13.4. The van der Waals surface area contributed by atoms with Crippen molar-refractivity contribution in [1.82, 2.24) is 15.0 Å². The third-order valence-electron chi connectivity index (χ3n) is 4.21. The molecule has 0 unspecified atom stereocenters. The van der Waals surface area contributed by atoms with Gasteiger partial charge in [0.2, 0.25) is 10.0 Å². The van der Waals surface area contributed by atoms with Crippen molar-refractivity contribution in [2.45, 2.75) is 32.2 Å². The summed E-state index contributed by atoms with van der Waals surface area (Å²) in [6.45, 7) is 3.78. The lowest BCUT2D eigenvalue weighted by Gasteiger charge is -2.13. The van der Waals surface area contributed by atoms with Crippen LogP contribution in [0.25, 0.3) is 10.8 Å². The zero-order valence-electron chi connectivity index (χ0n) is 15.8. The molecule has 0 saturated heterocycles. The summed E-state index contributed by atoms with van der Waals surface area (Å²) in [6, 6.07) is 16.4. The van der Waals surface area contributed by atoms with Gasteiger partial charge in [0.15, 0.2) is 0 Å². The van der Waals surface area contributed by atoms with Crippen molar-refractivity contribution < 1.29 is 13.2 Å². The molecule has 0 fully saturated rings. The van der Waals surface area contributed by atoms with E-state index in [1.165, 1.54) is 0 Å². The molecular formula is C21H23N3O3S. The predicted molar refractivity (Wildman–Crippen MR) is 110 cm³/mol. The SMILES string of the molecule is CC(C)NS(=O)(=O)Cc1ccccc1CNC(=O)c1nccc2ccccc12. The lowest BCUT2D eigenvalue weighted by molar-refractivity contribution is 0.0947. The Bertz CT molecular complexity index is 1090. The molecule has 0 aliphatic heterocycles. The van der Waals surface area contributed by atoms with Crippen LogP contribution in [-0.2, 0) is 22.3 Å². The molecule has 3 rings (SSSR count). The molecule has 1 heterocycles. The van der Waals surface area contributed by atoms with Crippen molar-refractivity contribution in [3.8, 4) is 0 Å². The minimum atomic E-state index is -3.45. The van der Waals surface area contributed by atoms with E-state index in [1.54, 1.807) is 32.2 Å². The monoisotopic (exact) mass is 397 g/mol. The average molecular weight is 398 g/mol. The van der Waals surface area contributed by atoms with Crippen molar-refractivity contribution in [3.63, 3.8) is 0 Å². The minimum Gasteiger partial charge on any atom is -0.347 e. The molecule has 0 bridgehead atoms. The Morgan fingerprint density at radius 3 is 2.43 bits per heavy atom. The maximum atomic E-state index is 12.7. The fraction of sp³-hybridized carbons (Fsp3) is 0.238. The van der Waals surface area contributed by atoms with Gasteiger partial charge in [0.05, 0.1) is 5.75 Å². The third-order valence-corrected chi connectivity index (χ3v) is 5.73. The standard InChI is InChI=1S/C21H23N3O3S/c1-15(2)24-28(26,27)14-18-9-4-3-8-17(18)13-23-21(25)20-19-10-6-5-7-16(19)11-12-22-20/h3-12,15,24H,13-14H2,1-2H3,(H,23,25). The normalized spacial score (nSPS) is 11.7. The average Bonchev–Trinajstić information content (AvgIpc) is 2.65. The molecule has 1 aromatic heterocycles. The van der Waals surface area contributed by atoms with E-state index in [2.05, 4.69) is 15.0 Å². The van der Waals surface area contributed by atoms with Gasteiger partial charge >= 0.3 is 0 Å². The number of pyridine rings is 1. The first-order valence-corrected chi connectivity index (χ1v) is 10.7. The number of sulfonamides is 1. The molecule has 2 aromatic carbocycles. The van der Waals surface area contributed by atoms with Gasteiger partial charge in [-0.25, -0.2) is 13.1 Å². The molecule has 0 atom stereocenters. The van der Waals surface area contributed by atoms with Gasteiger partial charge in [-0.05, 0) is 36.4 Å². The summed E-state index contributed by atoms with van der Waals surface area (Å²) in [4.78, 5) is 16.9. The summed E-state index contributed by atoms with van der Waals surface area (Å²) in [7, 11) is -3.45. The summed E-state index contributed by atoms with van der Waals surface area (Å²) >= 11 is 0. The summed E-state index contributed by atoms with van der Waals surface area (Å²) in [5, 5.41) is 4.57. The van der Waals surface area contributed by atoms with E-state index in [4.69, 9.17) is 0 Å². The van der Waals surface area contributed by atoms with Gasteiger partial charge in [-0.2, -0.15) is 0 Å². The van der Waals surface area contributed by atoms with Crippen LogP contribution < -0.4 is 10.0 Å². The Labute approximate surface area is 165 Å². The summed E-state index contributed by atoms with van der Waals surface area (Å²) in [6.07, 6.45) is 1.61. The molecule has 28 heavy (non-hydrogen) atoms. The van der Waals surface area contributed by atoms with Gasteiger partial charge in [-0.3, -0.25) is 9.78 Å². The Morgan fingerprint density at radius 1 is 1.00 bits per heavy atom. The van der Waals surface area contributed by atoms with Crippen LogP contribution in [0.4, 0.5) is 0 Å². The quantitative estimate of drug-likeness (QED) is 0.641. The van der Waals surface area contributed by atoms with Gasteiger partial charge in [-0.1, -0.05) is 48.5 Å². The fourth-order valence-corrected chi connectivity index (χ4v) is 4.53. The number of hydrogen-bond donors (Lipinski definition) is 2. The molecule has 0 spiro atoms. The van der Waals surface area contributed by atoms with Gasteiger partial charge < -0.3 is 5.32 Å². The van der Waals surface area contributed by atoms with E-state index in [0.29, 0.717) is 11.3 Å². The first kappa shape index (κ1) is 20.0. The van der Waals surface area contributed by atoms with Gasteiger partial charge in [0.1, 0.15) is 5.69 Å². The van der Waals surface area contributed by atoms with Crippen LogP contribution in [-0.4, -0.2) is 25.4 Å². The van der Waals surface area contributed by atoms with Crippen molar-refractivity contribution in [3.05, 3.63) is 77.6 Å². The van der Waals surface area contributed by atoms with Crippen LogP contribution in [0.5, 0.6) is 0 Å². The van der Waals surface area contributed by atoms with E-state index < -0.39 is 10.0 Å². The molecule has 3 aromatic rings. The minimum absolute atomic E-state index is 0.135. The highest BCUT2D eigenvalue weighted by atomic mass is 32.2. The second-order valence-electron chi connectivity index (χ2n) is 6.86. The molecule has 2 N–H and O–H groups in total. The highest BCUT2D eigenvalue weighted by Crippen LogP contribution is 2.17. The molecule has 0 aliphatic carbocycles. The van der Waals surface area contributed by atoms with Gasteiger partial charge in [-0.15, -0.1) is 0 Å². The molecule has 0 saturated carbocycles. The van der Waals surface area contributed by atoms with E-state index in [0.717, 1.165) is 16.3 Å². The topological polar surface area (TPSA) is 88.2 Å². The van der Waals surface area contributed by atoms with Crippen molar-refractivity contribution >= 4 is 26.7 Å². The summed E-state index contributed by atoms with van der Waals surface area (Å²) < 4.78 is 27.1. The van der Waals surface area contributed by atoms with Crippen LogP contribution in [0.15, 0.2) is 60.8 Å². The maximum absolute atomic E-state index is 12.7. The maximum Gasteiger partial charge on any atom is 0.270 e. The zero-order valence-corrected chi connectivity index (χ0v) is 16.7. The Balaban J connectivity index is 1.77. The van der Waals surface area contributed by atoms with E-state index in [-0.39, 0.29) is 24.2 Å². The first-order valence-electron chi connectivity index (χ1n) is 9.04. The Kier molecular flexibility index (Phi) is 6.06. The van der Waals surface area contributed by atoms with Gasteiger partial charge in [0.25, 0.3) is 5.91 Å². The number of amides is 1. The number of carbonyl (C=O) groups excluding carboxylic acids is 1. The molecular weight excluding hydrogens is 374 g/mol. The highest BCUT2D eigenvalue weighted by molar-refractivity contribution is 7.88. The Morgan fingerprint density at radius 2 is 1.68 bits per heavy atom. The number of nitrogens with zero attached hydrogens (tertiary/aromatic N) is 1. The summed E-state index contributed by atoms with van der Waals surface area (Å²) in [5.74, 6) is -0.432.